The van der Waals surface area contributed by atoms with Gasteiger partial charge in [0.1, 0.15) is 5.75 Å². The Bertz CT molecular complexity index is 903. The van der Waals surface area contributed by atoms with Crippen LogP contribution in [0.4, 0.5) is 0 Å². The highest BCUT2D eigenvalue weighted by Crippen LogP contribution is 2.35. The average molecular weight is 415 g/mol. The number of aromatic nitrogens is 2. The largest absolute Gasteiger partial charge is 0.348 e. The minimum absolute atomic E-state index is 0. The maximum Gasteiger partial charge on any atom is 0.257 e. The first-order chi connectivity index (χ1) is 12.2. The lowest BCUT2D eigenvalue weighted by Gasteiger charge is -2.17. The molecule has 1 aliphatic rings. The van der Waals surface area contributed by atoms with Crippen LogP contribution in [0.25, 0.3) is 11.5 Å². The minimum Gasteiger partial charge on any atom is -0.348 e. The van der Waals surface area contributed by atoms with Crippen LogP contribution in [-0.2, 0) is 20.2 Å². The average Bonchev–Trinajstić information content (AvgIpc) is 3.24. The van der Waals surface area contributed by atoms with E-state index in [-0.39, 0.29) is 17.3 Å². The van der Waals surface area contributed by atoms with E-state index in [1.807, 2.05) is 0 Å². The van der Waals surface area contributed by atoms with E-state index in [1.165, 1.54) is 31.1 Å². The lowest BCUT2D eigenvalue weighted by atomic mass is 9.99. The van der Waals surface area contributed by atoms with Gasteiger partial charge in [-0.15, -0.1) is 12.4 Å². The van der Waals surface area contributed by atoms with Crippen molar-refractivity contribution in [2.24, 2.45) is 5.73 Å². The lowest BCUT2D eigenvalue weighted by Crippen LogP contribution is -2.34. The molecule has 1 amide bonds. The molecule has 0 bridgehead atoms. The van der Waals surface area contributed by atoms with Crippen LogP contribution in [-0.4, -0.2) is 49.2 Å². The summed E-state index contributed by atoms with van der Waals surface area (Å²) in [6, 6.07) is 6.04. The quantitative estimate of drug-likeness (QED) is 0.791. The number of nitrogens with zero attached hydrogens (tertiary/aromatic N) is 3. The molecule has 1 heterocycles. The van der Waals surface area contributed by atoms with Gasteiger partial charge in [-0.05, 0) is 37.1 Å². The zero-order valence-corrected chi connectivity index (χ0v) is 16.8. The monoisotopic (exact) mass is 414 g/mol. The van der Waals surface area contributed by atoms with E-state index in [0.717, 1.165) is 25.7 Å². The van der Waals surface area contributed by atoms with Crippen molar-refractivity contribution in [1.82, 2.24) is 15.0 Å². The molecule has 2 N–H and O–H groups in total. The fourth-order valence-corrected chi connectivity index (χ4v) is 4.25. The number of carbonyl (C=O) groups is 1. The summed E-state index contributed by atoms with van der Waals surface area (Å²) < 4.78 is 29.9. The number of halogens is 1. The number of hydrogen-bond acceptors (Lipinski definition) is 7. The van der Waals surface area contributed by atoms with Crippen molar-refractivity contribution in [2.75, 3.05) is 19.8 Å². The number of rotatable bonds is 5. The van der Waals surface area contributed by atoms with E-state index in [1.54, 1.807) is 12.1 Å². The number of sulfone groups is 1. The van der Waals surface area contributed by atoms with Crippen molar-refractivity contribution in [3.8, 4) is 11.5 Å². The maximum atomic E-state index is 12.3. The zero-order valence-electron chi connectivity index (χ0n) is 15.2. The number of hydrogen-bond donors (Lipinski definition) is 1. The fourth-order valence-electron chi connectivity index (χ4n) is 2.95. The highest BCUT2D eigenvalue weighted by atomic mass is 35.5. The zero-order chi connectivity index (χ0) is 18.9. The van der Waals surface area contributed by atoms with E-state index in [9.17, 15) is 13.2 Å². The van der Waals surface area contributed by atoms with Gasteiger partial charge in [-0.25, -0.2) is 8.42 Å². The van der Waals surface area contributed by atoms with Crippen molar-refractivity contribution < 1.29 is 17.7 Å². The summed E-state index contributed by atoms with van der Waals surface area (Å²) in [5, 5.41) is 4.00. The van der Waals surface area contributed by atoms with Gasteiger partial charge in [0.25, 0.3) is 5.89 Å². The number of nitrogens with two attached hydrogens (primary N) is 1. The first-order valence-corrected chi connectivity index (χ1v) is 10.0. The highest BCUT2D eigenvalue weighted by molar-refractivity contribution is 7.92. The molecule has 3 rings (SSSR count). The van der Waals surface area contributed by atoms with E-state index < -0.39 is 27.0 Å². The van der Waals surface area contributed by atoms with Crippen LogP contribution >= 0.6 is 12.4 Å². The summed E-state index contributed by atoms with van der Waals surface area (Å²) in [5.74, 6) is -0.261. The number of benzene rings is 1. The van der Waals surface area contributed by atoms with Crippen molar-refractivity contribution in [3.05, 3.63) is 30.1 Å². The van der Waals surface area contributed by atoms with E-state index in [4.69, 9.17) is 10.3 Å². The molecule has 1 fully saturated rings. The Balaban J connectivity index is 0.00000261. The molecule has 1 aromatic carbocycles. The minimum atomic E-state index is -3.70. The SMILES string of the molecule is CN(C)C(=O)CS(=O)(=O)c1ccc(-c2nc(C3(N)CCCC3)no2)cc1.Cl. The van der Waals surface area contributed by atoms with Gasteiger partial charge in [0.05, 0.1) is 10.4 Å². The molecule has 2 aromatic rings. The van der Waals surface area contributed by atoms with Gasteiger partial charge in [0.2, 0.25) is 5.91 Å². The van der Waals surface area contributed by atoms with Crippen molar-refractivity contribution >= 4 is 28.2 Å². The van der Waals surface area contributed by atoms with Gasteiger partial charge in [0, 0.05) is 19.7 Å². The molecule has 0 unspecified atom stereocenters. The molecule has 1 aliphatic carbocycles. The van der Waals surface area contributed by atoms with Crippen LogP contribution < -0.4 is 5.73 Å². The first-order valence-electron chi connectivity index (χ1n) is 8.38. The summed E-state index contributed by atoms with van der Waals surface area (Å²) in [6.45, 7) is 0. The third kappa shape index (κ3) is 4.48. The molecule has 0 aliphatic heterocycles. The van der Waals surface area contributed by atoms with Crippen LogP contribution in [0.5, 0.6) is 0 Å². The molecule has 10 heteroatoms. The molecule has 8 nitrogen and oxygen atoms in total. The number of carbonyl (C=O) groups excluding carboxylic acids is 1. The molecule has 1 saturated carbocycles. The normalized spacial score (nSPS) is 16.0. The maximum absolute atomic E-state index is 12.3. The third-order valence-electron chi connectivity index (χ3n) is 4.64. The van der Waals surface area contributed by atoms with Gasteiger partial charge >= 0.3 is 0 Å². The summed E-state index contributed by atoms with van der Waals surface area (Å²) in [7, 11) is -0.666. The molecule has 27 heavy (non-hydrogen) atoms. The molecular weight excluding hydrogens is 392 g/mol. The molecule has 0 spiro atoms. The molecule has 0 atom stereocenters. The lowest BCUT2D eigenvalue weighted by molar-refractivity contribution is -0.125. The molecule has 1 aromatic heterocycles. The standard InChI is InChI=1S/C17H22N4O4S.ClH/c1-21(2)14(22)11-26(23,24)13-7-5-12(6-8-13)15-19-16(20-25-15)17(18)9-3-4-10-17;/h5-8H,3-4,9-11,18H2,1-2H3;1H. The van der Waals surface area contributed by atoms with E-state index >= 15 is 0 Å². The molecular formula is C17H23ClN4O4S. The summed E-state index contributed by atoms with van der Waals surface area (Å²) in [4.78, 5) is 17.4. The van der Waals surface area contributed by atoms with Crippen LogP contribution in [0, 0.1) is 0 Å². The molecule has 0 saturated heterocycles. The fraction of sp³-hybridized carbons (Fsp3) is 0.471. The number of amides is 1. The summed E-state index contributed by atoms with van der Waals surface area (Å²) in [5.41, 5.74) is 6.38. The van der Waals surface area contributed by atoms with Gasteiger partial charge in [-0.2, -0.15) is 4.98 Å². The van der Waals surface area contributed by atoms with Crippen LogP contribution in [0.15, 0.2) is 33.7 Å². The van der Waals surface area contributed by atoms with E-state index in [2.05, 4.69) is 10.1 Å². The topological polar surface area (TPSA) is 119 Å². The van der Waals surface area contributed by atoms with Crippen molar-refractivity contribution in [2.45, 2.75) is 36.1 Å². The predicted octanol–water partition coefficient (Wildman–Crippen LogP) is 1.75. The van der Waals surface area contributed by atoms with Crippen molar-refractivity contribution in [3.63, 3.8) is 0 Å². The highest BCUT2D eigenvalue weighted by Gasteiger charge is 2.36. The third-order valence-corrected chi connectivity index (χ3v) is 6.26. The van der Waals surface area contributed by atoms with Gasteiger partial charge in [0.15, 0.2) is 15.7 Å². The van der Waals surface area contributed by atoms with Crippen LogP contribution in [0.2, 0.25) is 0 Å². The Morgan fingerprint density at radius 1 is 1.22 bits per heavy atom. The van der Waals surface area contributed by atoms with Crippen LogP contribution in [0.1, 0.15) is 31.5 Å². The Morgan fingerprint density at radius 3 is 2.37 bits per heavy atom. The second-order valence-corrected chi connectivity index (χ2v) is 8.85. The summed E-state index contributed by atoms with van der Waals surface area (Å²) in [6.07, 6.45) is 3.73. The van der Waals surface area contributed by atoms with Gasteiger partial charge < -0.3 is 15.2 Å². The van der Waals surface area contributed by atoms with Crippen LogP contribution in [0.3, 0.4) is 0 Å². The second kappa shape index (κ2) is 7.95. The second-order valence-electron chi connectivity index (χ2n) is 6.86. The Morgan fingerprint density at radius 2 is 1.81 bits per heavy atom. The Labute approximate surface area is 164 Å². The molecule has 148 valence electrons. The summed E-state index contributed by atoms with van der Waals surface area (Å²) >= 11 is 0. The molecule has 0 radical (unpaired) electrons. The van der Waals surface area contributed by atoms with Gasteiger partial charge in [-0.3, -0.25) is 4.79 Å². The van der Waals surface area contributed by atoms with E-state index in [0.29, 0.717) is 17.3 Å². The smallest absolute Gasteiger partial charge is 0.257 e. The Kier molecular flexibility index (Phi) is 6.28. The Hall–Kier alpha value is -1.97. The van der Waals surface area contributed by atoms with Gasteiger partial charge in [-0.1, -0.05) is 18.0 Å². The van der Waals surface area contributed by atoms with Crippen molar-refractivity contribution in [1.29, 1.82) is 0 Å². The first kappa shape index (κ1) is 21.3. The predicted molar refractivity (Wildman–Crippen MR) is 102 cm³/mol.